The number of hydrogen-bond donors (Lipinski definition) is 2. The zero-order valence-electron chi connectivity index (χ0n) is 12.5. The molecule has 0 aliphatic heterocycles. The number of nitrogens with one attached hydrogen (secondary N) is 1. The number of rotatable bonds is 10. The van der Waals surface area contributed by atoms with Crippen LogP contribution < -0.4 is 11.1 Å². The van der Waals surface area contributed by atoms with Crippen LogP contribution in [0.3, 0.4) is 0 Å². The largest absolute Gasteiger partial charge is 0.394 e. The van der Waals surface area contributed by atoms with E-state index in [1.54, 1.807) is 0 Å². The zero-order chi connectivity index (χ0) is 14.1. The molecule has 0 unspecified atom stereocenters. The summed E-state index contributed by atoms with van der Waals surface area (Å²) in [6, 6.07) is 0. The SMILES string of the molecule is CCCc1nn(C)c(NCCCCCCSC)c1N. The van der Waals surface area contributed by atoms with Gasteiger partial charge in [-0.2, -0.15) is 16.9 Å². The van der Waals surface area contributed by atoms with Crippen LogP contribution in [0, 0.1) is 0 Å². The van der Waals surface area contributed by atoms with Gasteiger partial charge in [0.25, 0.3) is 0 Å². The Kier molecular flexibility index (Phi) is 7.79. The standard InChI is InChI=1S/C14H28N4S/c1-4-9-12-13(15)14(18(2)17-12)16-10-7-5-6-8-11-19-3/h16H,4-11,15H2,1-3H3. The summed E-state index contributed by atoms with van der Waals surface area (Å²) in [4.78, 5) is 0. The van der Waals surface area contributed by atoms with Gasteiger partial charge in [-0.1, -0.05) is 26.2 Å². The predicted molar refractivity (Wildman–Crippen MR) is 87.0 cm³/mol. The number of unbranched alkanes of at least 4 members (excludes halogenated alkanes) is 3. The van der Waals surface area contributed by atoms with Gasteiger partial charge in [-0.05, 0) is 31.3 Å². The molecule has 1 rings (SSSR count). The number of aryl methyl sites for hydroxylation is 2. The highest BCUT2D eigenvalue weighted by Crippen LogP contribution is 2.23. The van der Waals surface area contributed by atoms with E-state index >= 15 is 0 Å². The fourth-order valence-corrected chi connectivity index (χ4v) is 2.65. The molecule has 3 N–H and O–H groups in total. The van der Waals surface area contributed by atoms with Crippen molar-refractivity contribution in [2.45, 2.75) is 45.4 Å². The number of nitrogen functional groups attached to an aromatic ring is 1. The molecule has 1 aromatic rings. The summed E-state index contributed by atoms with van der Waals surface area (Å²) in [7, 11) is 1.95. The minimum absolute atomic E-state index is 0.826. The Morgan fingerprint density at radius 3 is 2.68 bits per heavy atom. The van der Waals surface area contributed by atoms with Crippen molar-refractivity contribution in [3.05, 3.63) is 5.69 Å². The van der Waals surface area contributed by atoms with E-state index in [-0.39, 0.29) is 0 Å². The Bertz CT molecular complexity index is 363. The average Bonchev–Trinajstić information content (AvgIpc) is 2.65. The van der Waals surface area contributed by atoms with Crippen molar-refractivity contribution < 1.29 is 0 Å². The summed E-state index contributed by atoms with van der Waals surface area (Å²) in [6.45, 7) is 3.13. The molecule has 1 aromatic heterocycles. The van der Waals surface area contributed by atoms with Crippen LogP contribution in [0.15, 0.2) is 0 Å². The third-order valence-electron chi connectivity index (χ3n) is 3.21. The van der Waals surface area contributed by atoms with Gasteiger partial charge in [0.05, 0.1) is 11.4 Å². The highest BCUT2D eigenvalue weighted by Gasteiger charge is 2.11. The lowest BCUT2D eigenvalue weighted by atomic mass is 10.2. The number of thioether (sulfide) groups is 1. The van der Waals surface area contributed by atoms with Crippen LogP contribution in [0.4, 0.5) is 11.5 Å². The molecule has 0 aliphatic carbocycles. The number of nitrogens with two attached hydrogens (primary N) is 1. The van der Waals surface area contributed by atoms with Crippen LogP contribution in [-0.4, -0.2) is 28.3 Å². The fraction of sp³-hybridized carbons (Fsp3) is 0.786. The lowest BCUT2D eigenvalue weighted by molar-refractivity contribution is 0.681. The number of anilines is 2. The maximum atomic E-state index is 6.12. The van der Waals surface area contributed by atoms with Gasteiger partial charge in [0.1, 0.15) is 5.82 Å². The van der Waals surface area contributed by atoms with E-state index < -0.39 is 0 Å². The molecule has 0 bridgehead atoms. The molecule has 0 radical (unpaired) electrons. The van der Waals surface area contributed by atoms with Gasteiger partial charge >= 0.3 is 0 Å². The van der Waals surface area contributed by atoms with Crippen molar-refractivity contribution in [3.8, 4) is 0 Å². The van der Waals surface area contributed by atoms with E-state index in [9.17, 15) is 0 Å². The predicted octanol–water partition coefficient (Wildman–Crippen LogP) is 3.29. The van der Waals surface area contributed by atoms with E-state index in [4.69, 9.17) is 5.73 Å². The summed E-state index contributed by atoms with van der Waals surface area (Å²) < 4.78 is 1.87. The highest BCUT2D eigenvalue weighted by atomic mass is 32.2. The smallest absolute Gasteiger partial charge is 0.147 e. The molecule has 0 aromatic carbocycles. The Morgan fingerprint density at radius 2 is 2.00 bits per heavy atom. The quantitative estimate of drug-likeness (QED) is 0.647. The molecule has 0 amide bonds. The minimum atomic E-state index is 0.826. The van der Waals surface area contributed by atoms with Crippen LogP contribution in [0.5, 0.6) is 0 Å². The average molecular weight is 284 g/mol. The van der Waals surface area contributed by atoms with Crippen molar-refractivity contribution in [2.75, 3.05) is 29.6 Å². The lowest BCUT2D eigenvalue weighted by Gasteiger charge is -2.07. The fourth-order valence-electron chi connectivity index (χ4n) is 2.16. The normalized spacial score (nSPS) is 10.9. The van der Waals surface area contributed by atoms with E-state index in [0.717, 1.165) is 36.6 Å². The van der Waals surface area contributed by atoms with Gasteiger partial charge < -0.3 is 11.1 Å². The molecule has 0 aliphatic rings. The van der Waals surface area contributed by atoms with Crippen molar-refractivity contribution >= 4 is 23.3 Å². The number of nitrogens with zero attached hydrogens (tertiary/aromatic N) is 2. The third kappa shape index (κ3) is 5.35. The third-order valence-corrected chi connectivity index (χ3v) is 3.91. The molecular formula is C14H28N4S. The van der Waals surface area contributed by atoms with Gasteiger partial charge in [0.15, 0.2) is 0 Å². The first kappa shape index (κ1) is 16.2. The minimum Gasteiger partial charge on any atom is -0.394 e. The molecule has 5 heteroatoms. The lowest BCUT2D eigenvalue weighted by Crippen LogP contribution is -2.07. The maximum Gasteiger partial charge on any atom is 0.147 e. The van der Waals surface area contributed by atoms with Crippen LogP contribution in [0.2, 0.25) is 0 Å². The van der Waals surface area contributed by atoms with Crippen molar-refractivity contribution in [1.29, 1.82) is 0 Å². The van der Waals surface area contributed by atoms with E-state index in [2.05, 4.69) is 23.6 Å². The van der Waals surface area contributed by atoms with Crippen LogP contribution in [0.1, 0.15) is 44.7 Å². The summed E-state index contributed by atoms with van der Waals surface area (Å²) >= 11 is 1.93. The highest BCUT2D eigenvalue weighted by molar-refractivity contribution is 7.98. The first-order valence-corrected chi connectivity index (χ1v) is 8.64. The molecule has 19 heavy (non-hydrogen) atoms. The molecule has 0 fully saturated rings. The Labute approximate surface area is 121 Å². The first-order valence-electron chi connectivity index (χ1n) is 7.24. The molecule has 4 nitrogen and oxygen atoms in total. The summed E-state index contributed by atoms with van der Waals surface area (Å²) in [5, 5.41) is 7.89. The first-order chi connectivity index (χ1) is 9.20. The van der Waals surface area contributed by atoms with Gasteiger partial charge in [-0.25, -0.2) is 0 Å². The van der Waals surface area contributed by atoms with Gasteiger partial charge in [-0.3, -0.25) is 4.68 Å². The van der Waals surface area contributed by atoms with Crippen molar-refractivity contribution in [3.63, 3.8) is 0 Å². The second kappa shape index (κ2) is 9.13. The van der Waals surface area contributed by atoms with E-state index in [1.807, 2.05) is 23.5 Å². The van der Waals surface area contributed by atoms with Gasteiger partial charge in [0.2, 0.25) is 0 Å². The van der Waals surface area contributed by atoms with E-state index in [1.165, 1.54) is 31.4 Å². The molecule has 0 saturated carbocycles. The molecule has 0 spiro atoms. The summed E-state index contributed by atoms with van der Waals surface area (Å²) in [6.07, 6.45) is 9.34. The second-order valence-electron chi connectivity index (χ2n) is 4.92. The summed E-state index contributed by atoms with van der Waals surface area (Å²) in [5.74, 6) is 2.26. The topological polar surface area (TPSA) is 55.9 Å². The van der Waals surface area contributed by atoms with E-state index in [0.29, 0.717) is 0 Å². The number of aromatic nitrogens is 2. The molecular weight excluding hydrogens is 256 g/mol. The van der Waals surface area contributed by atoms with Crippen LogP contribution >= 0.6 is 11.8 Å². The van der Waals surface area contributed by atoms with Crippen molar-refractivity contribution in [2.24, 2.45) is 7.05 Å². The molecule has 110 valence electrons. The van der Waals surface area contributed by atoms with Crippen LogP contribution in [-0.2, 0) is 13.5 Å². The van der Waals surface area contributed by atoms with Crippen LogP contribution in [0.25, 0.3) is 0 Å². The molecule has 1 heterocycles. The maximum absolute atomic E-state index is 6.12. The van der Waals surface area contributed by atoms with Crippen molar-refractivity contribution in [1.82, 2.24) is 9.78 Å². The zero-order valence-corrected chi connectivity index (χ0v) is 13.4. The summed E-state index contributed by atoms with van der Waals surface area (Å²) in [5.41, 5.74) is 7.97. The molecule has 0 saturated heterocycles. The Morgan fingerprint density at radius 1 is 1.26 bits per heavy atom. The number of hydrogen-bond acceptors (Lipinski definition) is 4. The van der Waals surface area contributed by atoms with Gasteiger partial charge in [0, 0.05) is 13.6 Å². The Hall–Kier alpha value is -0.840. The monoisotopic (exact) mass is 284 g/mol. The van der Waals surface area contributed by atoms with Gasteiger partial charge in [-0.15, -0.1) is 0 Å². The second-order valence-corrected chi connectivity index (χ2v) is 5.90. The molecule has 0 atom stereocenters. The Balaban J connectivity index is 2.29.